The van der Waals surface area contributed by atoms with E-state index in [1.807, 2.05) is 0 Å². The van der Waals surface area contributed by atoms with Gasteiger partial charge in [-0.15, -0.1) is 5.06 Å². The van der Waals surface area contributed by atoms with Crippen molar-refractivity contribution < 1.29 is 28.8 Å². The van der Waals surface area contributed by atoms with Crippen molar-refractivity contribution in [3.8, 4) is 0 Å². The number of hydroxylamine groups is 2. The summed E-state index contributed by atoms with van der Waals surface area (Å²) in [4.78, 5) is 49.5. The molecular weight excluding hydrogens is 244 g/mol. The zero-order chi connectivity index (χ0) is 13.7. The Labute approximate surface area is 103 Å². The molecule has 0 saturated carbocycles. The van der Waals surface area contributed by atoms with Gasteiger partial charge in [-0.2, -0.15) is 0 Å². The largest absolute Gasteiger partial charge is 0.450 e. The zero-order valence-electron chi connectivity index (χ0n) is 10.1. The monoisotopic (exact) mass is 258 g/mol. The van der Waals surface area contributed by atoms with E-state index in [0.29, 0.717) is 5.06 Å². The lowest BCUT2D eigenvalue weighted by Crippen LogP contribution is -2.43. The average molecular weight is 258 g/mol. The van der Waals surface area contributed by atoms with E-state index in [1.165, 1.54) is 6.92 Å². The molecule has 1 N–H and O–H groups in total. The minimum atomic E-state index is -1.02. The molecule has 18 heavy (non-hydrogen) atoms. The first kappa shape index (κ1) is 13.9. The molecule has 0 aliphatic carbocycles. The fourth-order valence-corrected chi connectivity index (χ4v) is 1.24. The highest BCUT2D eigenvalue weighted by Gasteiger charge is 2.34. The number of rotatable bonds is 4. The van der Waals surface area contributed by atoms with E-state index in [9.17, 15) is 19.2 Å². The molecule has 1 heterocycles. The van der Waals surface area contributed by atoms with E-state index < -0.39 is 29.9 Å². The van der Waals surface area contributed by atoms with Crippen molar-refractivity contribution >= 4 is 23.9 Å². The maximum Gasteiger partial charge on any atom is 0.407 e. The summed E-state index contributed by atoms with van der Waals surface area (Å²) in [7, 11) is 0. The Morgan fingerprint density at radius 3 is 2.39 bits per heavy atom. The Bertz CT molecular complexity index is 365. The third kappa shape index (κ3) is 3.44. The number of nitrogens with zero attached hydrogens (tertiary/aromatic N) is 1. The van der Waals surface area contributed by atoms with Gasteiger partial charge < -0.3 is 14.9 Å². The van der Waals surface area contributed by atoms with E-state index in [2.05, 4.69) is 14.9 Å². The van der Waals surface area contributed by atoms with Crippen molar-refractivity contribution in [3.05, 3.63) is 0 Å². The Kier molecular flexibility index (Phi) is 4.64. The maximum absolute atomic E-state index is 11.5. The Hall–Kier alpha value is -2.12. The van der Waals surface area contributed by atoms with Gasteiger partial charge in [0.2, 0.25) is 0 Å². The molecule has 1 fully saturated rings. The van der Waals surface area contributed by atoms with Gasteiger partial charge in [-0.1, -0.05) is 0 Å². The van der Waals surface area contributed by atoms with Crippen molar-refractivity contribution in [1.29, 1.82) is 0 Å². The lowest BCUT2D eigenvalue weighted by atomic mass is 10.3. The standard InChI is InChI=1S/C10H14N2O6/c1-3-17-10(16)11-6(2)9(15)18-12-7(13)4-5-8(12)14/h6H,3-5H2,1-2H3,(H,11,16)/t6-/m1/s1. The van der Waals surface area contributed by atoms with Crippen molar-refractivity contribution in [1.82, 2.24) is 10.4 Å². The molecule has 0 radical (unpaired) electrons. The smallest absolute Gasteiger partial charge is 0.407 e. The first-order valence-electron chi connectivity index (χ1n) is 5.46. The van der Waals surface area contributed by atoms with Crippen LogP contribution in [0.4, 0.5) is 4.79 Å². The topological polar surface area (TPSA) is 102 Å². The summed E-state index contributed by atoms with van der Waals surface area (Å²) < 4.78 is 4.57. The molecule has 1 rings (SSSR count). The molecule has 8 heteroatoms. The summed E-state index contributed by atoms with van der Waals surface area (Å²) in [6.45, 7) is 3.13. The summed E-state index contributed by atoms with van der Waals surface area (Å²) in [5, 5.41) is 2.62. The summed E-state index contributed by atoms with van der Waals surface area (Å²) >= 11 is 0. The third-order valence-corrected chi connectivity index (χ3v) is 2.15. The zero-order valence-corrected chi connectivity index (χ0v) is 10.1. The number of alkyl carbamates (subject to hydrolysis) is 1. The van der Waals surface area contributed by atoms with Crippen molar-refractivity contribution in [2.75, 3.05) is 6.61 Å². The molecule has 1 aliphatic rings. The molecule has 1 atom stereocenters. The first-order chi connectivity index (χ1) is 8.45. The van der Waals surface area contributed by atoms with Crippen LogP contribution in [0, 0.1) is 0 Å². The van der Waals surface area contributed by atoms with Gasteiger partial charge in [-0.3, -0.25) is 9.59 Å². The van der Waals surface area contributed by atoms with Crippen LogP contribution in [0.15, 0.2) is 0 Å². The molecule has 1 aliphatic heterocycles. The predicted molar refractivity (Wildman–Crippen MR) is 56.8 cm³/mol. The van der Waals surface area contributed by atoms with Crippen LogP contribution in [-0.2, 0) is 24.0 Å². The van der Waals surface area contributed by atoms with Crippen LogP contribution in [0.1, 0.15) is 26.7 Å². The second kappa shape index (κ2) is 5.99. The molecule has 0 aromatic rings. The SMILES string of the molecule is CCOC(=O)N[C@H](C)C(=O)ON1C(=O)CCC1=O. The molecule has 0 bridgehead atoms. The first-order valence-corrected chi connectivity index (χ1v) is 5.46. The van der Waals surface area contributed by atoms with Gasteiger partial charge in [0, 0.05) is 12.8 Å². The summed E-state index contributed by atoms with van der Waals surface area (Å²) in [6, 6.07) is -1.02. The summed E-state index contributed by atoms with van der Waals surface area (Å²) in [5.41, 5.74) is 0. The van der Waals surface area contributed by atoms with Gasteiger partial charge in [-0.25, -0.2) is 9.59 Å². The fourth-order valence-electron chi connectivity index (χ4n) is 1.24. The number of hydrogen-bond donors (Lipinski definition) is 1. The molecule has 0 aromatic heterocycles. The second-order valence-corrected chi connectivity index (χ2v) is 3.58. The number of nitrogens with one attached hydrogen (secondary N) is 1. The highest BCUT2D eigenvalue weighted by molar-refractivity contribution is 6.01. The Balaban J connectivity index is 2.47. The highest BCUT2D eigenvalue weighted by atomic mass is 16.7. The van der Waals surface area contributed by atoms with E-state index in [1.54, 1.807) is 6.92 Å². The van der Waals surface area contributed by atoms with E-state index in [0.717, 1.165) is 0 Å². The number of hydrogen-bond acceptors (Lipinski definition) is 6. The quantitative estimate of drug-likeness (QED) is 0.696. The number of ether oxygens (including phenoxy) is 1. The summed E-state index contributed by atoms with van der Waals surface area (Å²) in [5.74, 6) is -2.06. The van der Waals surface area contributed by atoms with Crippen LogP contribution in [0.5, 0.6) is 0 Å². The van der Waals surface area contributed by atoms with Crippen LogP contribution >= 0.6 is 0 Å². The molecule has 1 saturated heterocycles. The van der Waals surface area contributed by atoms with Crippen LogP contribution in [0.25, 0.3) is 0 Å². The van der Waals surface area contributed by atoms with Crippen molar-refractivity contribution in [2.24, 2.45) is 0 Å². The van der Waals surface area contributed by atoms with Gasteiger partial charge in [-0.05, 0) is 13.8 Å². The lowest BCUT2D eigenvalue weighted by molar-refractivity contribution is -0.198. The lowest BCUT2D eigenvalue weighted by Gasteiger charge is -2.16. The normalized spacial score (nSPS) is 16.4. The Morgan fingerprint density at radius 1 is 1.33 bits per heavy atom. The highest BCUT2D eigenvalue weighted by Crippen LogP contribution is 2.12. The molecule has 100 valence electrons. The van der Waals surface area contributed by atoms with Gasteiger partial charge in [0.25, 0.3) is 11.8 Å². The molecule has 0 unspecified atom stereocenters. The van der Waals surface area contributed by atoms with Gasteiger partial charge in [0.15, 0.2) is 0 Å². The molecule has 3 amide bonds. The van der Waals surface area contributed by atoms with E-state index >= 15 is 0 Å². The molecular formula is C10H14N2O6. The fraction of sp³-hybridized carbons (Fsp3) is 0.600. The third-order valence-electron chi connectivity index (χ3n) is 2.15. The number of carbonyl (C=O) groups is 4. The molecule has 0 aromatic carbocycles. The minimum Gasteiger partial charge on any atom is -0.450 e. The van der Waals surface area contributed by atoms with Crippen LogP contribution in [0.3, 0.4) is 0 Å². The van der Waals surface area contributed by atoms with Crippen molar-refractivity contribution in [2.45, 2.75) is 32.7 Å². The molecule has 8 nitrogen and oxygen atoms in total. The minimum absolute atomic E-state index is 0.0196. The van der Waals surface area contributed by atoms with Gasteiger partial charge in [0.05, 0.1) is 6.61 Å². The van der Waals surface area contributed by atoms with Crippen LogP contribution in [0.2, 0.25) is 0 Å². The average Bonchev–Trinajstić information content (AvgIpc) is 2.60. The second-order valence-electron chi connectivity index (χ2n) is 3.58. The number of amides is 3. The van der Waals surface area contributed by atoms with E-state index in [4.69, 9.17) is 0 Å². The predicted octanol–water partition coefficient (Wildman–Crippen LogP) is -0.272. The van der Waals surface area contributed by atoms with Crippen LogP contribution < -0.4 is 5.32 Å². The number of carbonyl (C=O) groups excluding carboxylic acids is 4. The Morgan fingerprint density at radius 2 is 1.89 bits per heavy atom. The van der Waals surface area contributed by atoms with Crippen molar-refractivity contribution in [3.63, 3.8) is 0 Å². The van der Waals surface area contributed by atoms with Gasteiger partial charge >= 0.3 is 12.1 Å². The maximum atomic E-state index is 11.5. The van der Waals surface area contributed by atoms with Gasteiger partial charge in [0.1, 0.15) is 6.04 Å². The molecule has 0 spiro atoms. The van der Waals surface area contributed by atoms with E-state index in [-0.39, 0.29) is 19.4 Å². The summed E-state index contributed by atoms with van der Waals surface area (Å²) in [6.07, 6.45) is -0.738. The number of imide groups is 1. The van der Waals surface area contributed by atoms with Crippen LogP contribution in [-0.4, -0.2) is 41.6 Å².